The summed E-state index contributed by atoms with van der Waals surface area (Å²) in [5, 5.41) is 1.64. The van der Waals surface area contributed by atoms with Gasteiger partial charge < -0.3 is 5.73 Å². The van der Waals surface area contributed by atoms with Crippen molar-refractivity contribution in [3.05, 3.63) is 16.3 Å². The predicted octanol–water partition coefficient (Wildman–Crippen LogP) is 1.14. The third-order valence-electron chi connectivity index (χ3n) is 2.95. The molecule has 0 saturated heterocycles. The van der Waals surface area contributed by atoms with Gasteiger partial charge in [0.05, 0.1) is 4.90 Å². The number of sulfonamides is 1. The molecule has 1 aliphatic carbocycles. The molecule has 1 heterocycles. The van der Waals surface area contributed by atoms with Gasteiger partial charge in [-0.1, -0.05) is 6.92 Å². The van der Waals surface area contributed by atoms with E-state index in [1.54, 1.807) is 11.4 Å². The first-order valence-corrected chi connectivity index (χ1v) is 7.66. The number of hydrogen-bond acceptors (Lipinski definition) is 4. The van der Waals surface area contributed by atoms with Gasteiger partial charge in [0.25, 0.3) is 0 Å². The van der Waals surface area contributed by atoms with E-state index >= 15 is 0 Å². The maximum atomic E-state index is 11.9. The Kier molecular flexibility index (Phi) is 3.34. The normalized spacial score (nSPS) is 24.6. The molecule has 1 fully saturated rings. The lowest BCUT2D eigenvalue weighted by molar-refractivity contribution is 0.575. The maximum Gasteiger partial charge on any atom is 0.241 e. The molecule has 0 aromatic carbocycles. The van der Waals surface area contributed by atoms with Crippen LogP contribution in [0.1, 0.15) is 18.2 Å². The number of nitrogens with two attached hydrogens (primary N) is 1. The number of rotatable bonds is 5. The summed E-state index contributed by atoms with van der Waals surface area (Å²) in [5.74, 6) is 1.17. The van der Waals surface area contributed by atoms with Crippen LogP contribution in [0.4, 0.5) is 0 Å². The first-order chi connectivity index (χ1) is 7.53. The standard InChI is InChI=1S/C10H16N2O2S2/c1-7-2-8(7)5-12-16(13,14)10-3-9(4-11)15-6-10/h3,6-8,12H,2,4-5,11H2,1H3. The van der Waals surface area contributed by atoms with Crippen molar-refractivity contribution in [2.75, 3.05) is 6.54 Å². The van der Waals surface area contributed by atoms with Crippen LogP contribution < -0.4 is 10.5 Å². The Labute approximate surface area is 99.9 Å². The van der Waals surface area contributed by atoms with Gasteiger partial charge in [-0.3, -0.25) is 0 Å². The smallest absolute Gasteiger partial charge is 0.241 e. The zero-order valence-corrected chi connectivity index (χ0v) is 10.8. The summed E-state index contributed by atoms with van der Waals surface area (Å²) in [6.45, 7) is 3.08. The number of nitrogens with one attached hydrogen (secondary N) is 1. The van der Waals surface area contributed by atoms with Gasteiger partial charge in [0.2, 0.25) is 10.0 Å². The monoisotopic (exact) mass is 260 g/mol. The zero-order valence-electron chi connectivity index (χ0n) is 9.14. The zero-order chi connectivity index (χ0) is 11.8. The Morgan fingerprint density at radius 3 is 2.81 bits per heavy atom. The summed E-state index contributed by atoms with van der Waals surface area (Å²) in [6.07, 6.45) is 1.13. The van der Waals surface area contributed by atoms with Crippen LogP contribution in [-0.4, -0.2) is 15.0 Å². The topological polar surface area (TPSA) is 72.2 Å². The molecule has 0 spiro atoms. The van der Waals surface area contributed by atoms with Crippen LogP contribution in [0.3, 0.4) is 0 Å². The highest BCUT2D eigenvalue weighted by molar-refractivity contribution is 7.89. The van der Waals surface area contributed by atoms with Crippen molar-refractivity contribution < 1.29 is 8.42 Å². The second-order valence-corrected chi connectivity index (χ2v) is 7.04. The average molecular weight is 260 g/mol. The minimum Gasteiger partial charge on any atom is -0.326 e. The third-order valence-corrected chi connectivity index (χ3v) is 5.46. The second-order valence-electron chi connectivity index (χ2n) is 4.28. The minimum atomic E-state index is -3.32. The summed E-state index contributed by atoms with van der Waals surface area (Å²) < 4.78 is 26.4. The Morgan fingerprint density at radius 2 is 2.31 bits per heavy atom. The van der Waals surface area contributed by atoms with Crippen LogP contribution in [-0.2, 0) is 16.6 Å². The minimum absolute atomic E-state index is 0.339. The molecule has 2 atom stereocenters. The summed E-state index contributed by atoms with van der Waals surface area (Å²) in [5.41, 5.74) is 5.45. The predicted molar refractivity (Wildman–Crippen MR) is 64.7 cm³/mol. The molecule has 1 aromatic rings. The molecule has 0 aliphatic heterocycles. The summed E-state index contributed by atoms with van der Waals surface area (Å²) in [6, 6.07) is 1.64. The van der Waals surface area contributed by atoms with Gasteiger partial charge in [0, 0.05) is 23.3 Å². The highest BCUT2D eigenvalue weighted by Crippen LogP contribution is 2.37. The fourth-order valence-electron chi connectivity index (χ4n) is 1.59. The van der Waals surface area contributed by atoms with E-state index in [9.17, 15) is 8.42 Å². The van der Waals surface area contributed by atoms with Crippen molar-refractivity contribution in [1.29, 1.82) is 0 Å². The van der Waals surface area contributed by atoms with Crippen LogP contribution in [0.5, 0.6) is 0 Å². The van der Waals surface area contributed by atoms with E-state index in [2.05, 4.69) is 11.6 Å². The van der Waals surface area contributed by atoms with Crippen molar-refractivity contribution in [2.24, 2.45) is 17.6 Å². The Hall–Kier alpha value is -0.430. The molecule has 0 bridgehead atoms. The molecule has 1 saturated carbocycles. The molecule has 16 heavy (non-hydrogen) atoms. The molecular weight excluding hydrogens is 244 g/mol. The van der Waals surface area contributed by atoms with E-state index in [1.807, 2.05) is 0 Å². The lowest BCUT2D eigenvalue weighted by Crippen LogP contribution is -2.25. The molecule has 0 amide bonds. The van der Waals surface area contributed by atoms with Crippen LogP contribution in [0.2, 0.25) is 0 Å². The van der Waals surface area contributed by atoms with E-state index in [1.165, 1.54) is 11.3 Å². The number of thiophene rings is 1. The van der Waals surface area contributed by atoms with Crippen molar-refractivity contribution >= 4 is 21.4 Å². The van der Waals surface area contributed by atoms with Crippen molar-refractivity contribution in [3.63, 3.8) is 0 Å². The van der Waals surface area contributed by atoms with Gasteiger partial charge in [-0.15, -0.1) is 11.3 Å². The van der Waals surface area contributed by atoms with Gasteiger partial charge in [0.15, 0.2) is 0 Å². The van der Waals surface area contributed by atoms with E-state index in [-0.39, 0.29) is 0 Å². The molecule has 1 aliphatic rings. The van der Waals surface area contributed by atoms with Crippen LogP contribution in [0.25, 0.3) is 0 Å². The third kappa shape index (κ3) is 2.63. The maximum absolute atomic E-state index is 11.9. The van der Waals surface area contributed by atoms with Gasteiger partial charge in [-0.05, 0) is 24.3 Å². The Balaban J connectivity index is 2.00. The SMILES string of the molecule is CC1CC1CNS(=O)(=O)c1csc(CN)c1. The van der Waals surface area contributed by atoms with Gasteiger partial charge >= 0.3 is 0 Å². The second kappa shape index (κ2) is 4.44. The summed E-state index contributed by atoms with van der Waals surface area (Å²) in [4.78, 5) is 1.23. The molecule has 1 aromatic heterocycles. The molecular formula is C10H16N2O2S2. The Morgan fingerprint density at radius 1 is 1.62 bits per heavy atom. The number of hydrogen-bond donors (Lipinski definition) is 2. The largest absolute Gasteiger partial charge is 0.326 e. The fourth-order valence-corrected chi connectivity index (χ4v) is 3.84. The van der Waals surface area contributed by atoms with Crippen molar-refractivity contribution in [1.82, 2.24) is 4.72 Å². The van der Waals surface area contributed by atoms with Gasteiger partial charge in [0.1, 0.15) is 0 Å². The average Bonchev–Trinajstić information content (AvgIpc) is 2.78. The summed E-state index contributed by atoms with van der Waals surface area (Å²) in [7, 11) is -3.32. The Bertz CT molecular complexity index is 467. The molecule has 3 N–H and O–H groups in total. The molecule has 4 nitrogen and oxygen atoms in total. The van der Waals surface area contributed by atoms with Crippen molar-refractivity contribution in [2.45, 2.75) is 24.8 Å². The van der Waals surface area contributed by atoms with Crippen LogP contribution in [0.15, 0.2) is 16.3 Å². The molecule has 90 valence electrons. The molecule has 2 unspecified atom stereocenters. The van der Waals surface area contributed by atoms with Crippen molar-refractivity contribution in [3.8, 4) is 0 Å². The summed E-state index contributed by atoms with van der Waals surface area (Å²) >= 11 is 1.38. The van der Waals surface area contributed by atoms with E-state index in [0.717, 1.165) is 11.3 Å². The molecule has 0 radical (unpaired) electrons. The fraction of sp³-hybridized carbons (Fsp3) is 0.600. The quantitative estimate of drug-likeness (QED) is 0.834. The first kappa shape index (κ1) is 12.0. The van der Waals surface area contributed by atoms with E-state index < -0.39 is 10.0 Å². The lowest BCUT2D eigenvalue weighted by Gasteiger charge is -2.03. The molecule has 2 rings (SSSR count). The highest BCUT2D eigenvalue weighted by atomic mass is 32.2. The van der Waals surface area contributed by atoms with Gasteiger partial charge in [-0.2, -0.15) is 0 Å². The van der Waals surface area contributed by atoms with Crippen LogP contribution in [0, 0.1) is 11.8 Å². The lowest BCUT2D eigenvalue weighted by atomic mass is 10.3. The van der Waals surface area contributed by atoms with E-state index in [4.69, 9.17) is 5.73 Å². The van der Waals surface area contributed by atoms with E-state index in [0.29, 0.717) is 29.8 Å². The first-order valence-electron chi connectivity index (χ1n) is 5.30. The van der Waals surface area contributed by atoms with Gasteiger partial charge in [-0.25, -0.2) is 13.1 Å². The highest BCUT2D eigenvalue weighted by Gasteiger charge is 2.33. The van der Waals surface area contributed by atoms with Crippen LogP contribution >= 0.6 is 11.3 Å². The molecule has 6 heteroatoms.